The first kappa shape index (κ1) is 35.7. The normalized spacial score (nSPS) is 14.0. The van der Waals surface area contributed by atoms with E-state index in [0.717, 1.165) is 12.1 Å². The topological polar surface area (TPSA) is 9.86 Å². The zero-order valence-corrected chi connectivity index (χ0v) is 35.4. The number of para-hydroxylation sites is 3. The molecule has 2 nitrogen and oxygen atoms in total. The van der Waals surface area contributed by atoms with Gasteiger partial charge in [-0.2, -0.15) is 0 Å². The van der Waals surface area contributed by atoms with Gasteiger partial charge in [-0.3, -0.25) is 0 Å². The molecule has 61 heavy (non-hydrogen) atoms. The predicted octanol–water partition coefficient (Wildman–Crippen LogP) is 11.8. The fraction of sp³-hybridized carbons (Fsp3) is 0.0690. The smallest absolute Gasteiger partial charge is 0.181 e. The zero-order valence-electron chi connectivity index (χ0n) is 34.4. The molecule has 0 radical (unpaired) electrons. The number of rotatable bonds is 6. The molecule has 0 saturated carbocycles. The van der Waals surface area contributed by atoms with E-state index in [1.807, 2.05) is 0 Å². The molecule has 0 fully saturated rings. The van der Waals surface area contributed by atoms with Crippen molar-refractivity contribution in [2.24, 2.45) is 0 Å². The molecule has 2 aliphatic rings. The van der Waals surface area contributed by atoms with Crippen LogP contribution >= 0.6 is 0 Å². The van der Waals surface area contributed by atoms with E-state index in [-0.39, 0.29) is 5.41 Å². The van der Waals surface area contributed by atoms with Crippen LogP contribution in [0.2, 0.25) is 0 Å². The molecule has 0 atom stereocenters. The number of hydrogen-bond donors (Lipinski definition) is 0. The van der Waals surface area contributed by atoms with Crippen LogP contribution in [-0.2, 0) is 5.41 Å². The van der Waals surface area contributed by atoms with Gasteiger partial charge in [-0.05, 0) is 91.9 Å². The lowest BCUT2D eigenvalue weighted by Crippen LogP contribution is -2.75. The van der Waals surface area contributed by atoms with E-state index in [4.69, 9.17) is 0 Å². The fourth-order valence-electron chi connectivity index (χ4n) is 11.1. The van der Waals surface area contributed by atoms with Gasteiger partial charge < -0.3 is 9.13 Å². The molecule has 0 bridgehead atoms. The summed E-state index contributed by atoms with van der Waals surface area (Å²) in [6, 6.07) is 73.1. The second kappa shape index (κ2) is 13.7. The van der Waals surface area contributed by atoms with Gasteiger partial charge in [0, 0.05) is 38.5 Å². The summed E-state index contributed by atoms with van der Waals surface area (Å²) < 4.78 is 5.07. The van der Waals surface area contributed by atoms with Gasteiger partial charge in [0.1, 0.15) is 0 Å². The molecule has 0 amide bonds. The van der Waals surface area contributed by atoms with Crippen LogP contribution in [0.1, 0.15) is 42.7 Å². The van der Waals surface area contributed by atoms with Gasteiger partial charge in [-0.15, -0.1) is 0 Å². The summed E-state index contributed by atoms with van der Waals surface area (Å²) in [5.74, 6) is 0. The summed E-state index contributed by atoms with van der Waals surface area (Å²) in [6.07, 6.45) is 10.3. The first-order chi connectivity index (χ1) is 30.1. The Morgan fingerprint density at radius 1 is 0.475 bits per heavy atom. The Bertz CT molecular complexity index is 3360. The Morgan fingerprint density at radius 3 is 1.89 bits per heavy atom. The maximum absolute atomic E-state index is 3.10. The minimum atomic E-state index is -3.10. The van der Waals surface area contributed by atoms with Gasteiger partial charge in [-0.25, -0.2) is 0 Å². The highest BCUT2D eigenvalue weighted by Gasteiger charge is 2.44. The van der Waals surface area contributed by atoms with E-state index in [9.17, 15) is 0 Å². The second-order valence-electron chi connectivity index (χ2n) is 17.1. The molecule has 0 spiro atoms. The molecular formula is C58H44N2Si. The Hall–Kier alpha value is -7.20. The summed E-state index contributed by atoms with van der Waals surface area (Å²) in [4.78, 5) is 0. The second-order valence-corrected chi connectivity index (χ2v) is 20.9. The van der Waals surface area contributed by atoms with Crippen molar-refractivity contribution in [1.82, 2.24) is 9.13 Å². The lowest BCUT2D eigenvalue weighted by molar-refractivity contribution is 0.661. The minimum absolute atomic E-state index is 0.0842. The van der Waals surface area contributed by atoms with Gasteiger partial charge in [0.25, 0.3) is 0 Å². The largest absolute Gasteiger partial charge is 0.309 e. The highest BCUT2D eigenvalue weighted by atomic mass is 28.3. The van der Waals surface area contributed by atoms with Gasteiger partial charge >= 0.3 is 0 Å². The molecule has 290 valence electrons. The fourth-order valence-corrected chi connectivity index (χ4v) is 16.0. The Kier molecular flexibility index (Phi) is 8.00. The average Bonchev–Trinajstić information content (AvgIpc) is 3.81. The standard InChI is InChI=1S/C58H44N2Si/c1-58(2)49-33-17-15-30-47(49)55-50(58)37-38-53-56(55)48-31-13-6-14-34-52(48)59(53)41-23-19-28-44(39-41)61(42-24-9-4-10-25-42,43-26-11-5-12-27-43)54-36-20-32-46-45-29-16-18-35-51(45)60(57(46)54)40-21-7-3-8-22-40/h3-5,7-39H,6H2,1-2H3. The highest BCUT2D eigenvalue weighted by Crippen LogP contribution is 2.53. The molecule has 2 aromatic heterocycles. The third-order valence-corrected chi connectivity index (χ3v) is 18.4. The van der Waals surface area contributed by atoms with Crippen molar-refractivity contribution < 1.29 is 0 Å². The van der Waals surface area contributed by atoms with E-state index >= 15 is 0 Å². The third-order valence-electron chi connectivity index (χ3n) is 13.7. The summed E-state index contributed by atoms with van der Waals surface area (Å²) >= 11 is 0. The SMILES string of the molecule is CC1(C)c2ccccc2-c2c1ccc1c2c2c(n1-c1cccc([Si](c3ccccc3)(c3ccccc3)c3cccc4c5ccccc5n(-c5ccccc5)c34)c1)C=CCC=C2. The first-order valence-corrected chi connectivity index (χ1v) is 23.5. The van der Waals surface area contributed by atoms with E-state index in [2.05, 4.69) is 241 Å². The minimum Gasteiger partial charge on any atom is -0.309 e. The summed E-state index contributed by atoms with van der Waals surface area (Å²) in [5.41, 5.74) is 14.0. The van der Waals surface area contributed by atoms with E-state index in [0.29, 0.717) is 0 Å². The van der Waals surface area contributed by atoms with Crippen LogP contribution in [0.25, 0.3) is 67.4 Å². The van der Waals surface area contributed by atoms with Gasteiger partial charge in [0.05, 0.1) is 22.2 Å². The highest BCUT2D eigenvalue weighted by molar-refractivity contribution is 7.20. The number of fused-ring (bicyclic) bond motifs is 10. The van der Waals surface area contributed by atoms with Crippen LogP contribution in [0.5, 0.6) is 0 Å². The Morgan fingerprint density at radius 2 is 1.10 bits per heavy atom. The van der Waals surface area contributed by atoms with Gasteiger partial charge in [-0.1, -0.05) is 190 Å². The van der Waals surface area contributed by atoms with E-state index in [1.54, 1.807) is 0 Å². The van der Waals surface area contributed by atoms with Crippen LogP contribution in [0.15, 0.2) is 206 Å². The van der Waals surface area contributed by atoms with Crippen molar-refractivity contribution in [3.63, 3.8) is 0 Å². The van der Waals surface area contributed by atoms with Crippen LogP contribution < -0.4 is 20.7 Å². The molecular weight excluding hydrogens is 753 g/mol. The van der Waals surface area contributed by atoms with Crippen molar-refractivity contribution in [2.75, 3.05) is 0 Å². The first-order valence-electron chi connectivity index (χ1n) is 21.5. The van der Waals surface area contributed by atoms with Crippen molar-refractivity contribution in [3.8, 4) is 22.5 Å². The number of hydrogen-bond acceptors (Lipinski definition) is 0. The van der Waals surface area contributed by atoms with Crippen molar-refractivity contribution in [2.45, 2.75) is 25.7 Å². The van der Waals surface area contributed by atoms with Crippen molar-refractivity contribution in [1.29, 1.82) is 0 Å². The third kappa shape index (κ3) is 5.08. The zero-order chi connectivity index (χ0) is 40.7. The van der Waals surface area contributed by atoms with Crippen molar-refractivity contribution in [3.05, 3.63) is 229 Å². The van der Waals surface area contributed by atoms with Crippen LogP contribution in [0.4, 0.5) is 0 Å². The van der Waals surface area contributed by atoms with Crippen LogP contribution in [0.3, 0.4) is 0 Å². The Balaban J connectivity index is 1.21. The average molecular weight is 797 g/mol. The number of allylic oxidation sites excluding steroid dienone is 2. The summed E-state index contributed by atoms with van der Waals surface area (Å²) in [7, 11) is -3.10. The molecule has 0 N–H and O–H groups in total. The molecule has 3 heteroatoms. The van der Waals surface area contributed by atoms with E-state index in [1.165, 1.54) is 92.7 Å². The molecule has 0 saturated heterocycles. The summed E-state index contributed by atoms with van der Waals surface area (Å²) in [5, 5.41) is 9.29. The van der Waals surface area contributed by atoms with Crippen LogP contribution in [0, 0.1) is 0 Å². The van der Waals surface area contributed by atoms with Gasteiger partial charge in [0.2, 0.25) is 0 Å². The molecule has 8 aromatic carbocycles. The lowest BCUT2D eigenvalue weighted by atomic mass is 9.82. The molecule has 2 aliphatic carbocycles. The molecule has 12 rings (SSSR count). The monoisotopic (exact) mass is 796 g/mol. The quantitative estimate of drug-likeness (QED) is 0.117. The molecule has 0 unspecified atom stereocenters. The van der Waals surface area contributed by atoms with Crippen LogP contribution in [-0.4, -0.2) is 17.2 Å². The summed E-state index contributed by atoms with van der Waals surface area (Å²) in [6.45, 7) is 4.76. The molecule has 2 heterocycles. The van der Waals surface area contributed by atoms with Crippen molar-refractivity contribution >= 4 is 73.7 Å². The number of nitrogens with zero attached hydrogens (tertiary/aromatic N) is 2. The molecule has 0 aliphatic heterocycles. The molecule has 10 aromatic rings. The number of benzene rings is 8. The maximum Gasteiger partial charge on any atom is 0.181 e. The maximum atomic E-state index is 2.55. The number of aromatic nitrogens is 2. The van der Waals surface area contributed by atoms with E-state index < -0.39 is 8.07 Å². The Labute approximate surface area is 358 Å². The predicted molar refractivity (Wildman–Crippen MR) is 261 cm³/mol. The lowest BCUT2D eigenvalue weighted by Gasteiger charge is -2.35. The van der Waals surface area contributed by atoms with Gasteiger partial charge in [0.15, 0.2) is 8.07 Å².